The molecular formula is C16H28. The van der Waals surface area contributed by atoms with Crippen molar-refractivity contribution in [1.82, 2.24) is 0 Å². The monoisotopic (exact) mass is 220 g/mol. The summed E-state index contributed by atoms with van der Waals surface area (Å²) in [6.45, 7) is 4.48. The van der Waals surface area contributed by atoms with Crippen LogP contribution in [0, 0.1) is 0 Å². The molecule has 0 aliphatic rings. The van der Waals surface area contributed by atoms with Gasteiger partial charge in [-0.15, -0.1) is 0 Å². The van der Waals surface area contributed by atoms with E-state index in [1.54, 1.807) is 0 Å². The first-order valence-electron chi connectivity index (χ1n) is 6.90. The van der Waals surface area contributed by atoms with Gasteiger partial charge in [-0.1, -0.05) is 82.4 Å². The molecule has 0 atom stereocenters. The number of rotatable bonds is 10. The van der Waals surface area contributed by atoms with E-state index >= 15 is 0 Å². The third-order valence-electron chi connectivity index (χ3n) is 2.55. The molecule has 16 heavy (non-hydrogen) atoms. The quantitative estimate of drug-likeness (QED) is 0.321. The van der Waals surface area contributed by atoms with Gasteiger partial charge in [0.2, 0.25) is 0 Å². The minimum atomic E-state index is 1.21. The zero-order valence-electron chi connectivity index (χ0n) is 11.1. The molecule has 0 fully saturated rings. The Bertz CT molecular complexity index is 196. The van der Waals surface area contributed by atoms with E-state index in [1.807, 2.05) is 0 Å². The van der Waals surface area contributed by atoms with E-state index in [0.29, 0.717) is 0 Å². The van der Waals surface area contributed by atoms with E-state index < -0.39 is 0 Å². The highest BCUT2D eigenvalue weighted by atomic mass is 13.9. The van der Waals surface area contributed by atoms with Gasteiger partial charge in [0.25, 0.3) is 0 Å². The lowest BCUT2D eigenvalue weighted by Crippen LogP contribution is -1.72. The molecule has 92 valence electrons. The maximum absolute atomic E-state index is 2.27. The molecule has 0 bridgehead atoms. The average Bonchev–Trinajstić information content (AvgIpc) is 2.31. The second kappa shape index (κ2) is 14.2. The molecule has 0 nitrogen and oxygen atoms in total. The van der Waals surface area contributed by atoms with Crippen molar-refractivity contribution in [2.24, 2.45) is 0 Å². The second-order valence-electron chi connectivity index (χ2n) is 4.23. The van der Waals surface area contributed by atoms with Crippen LogP contribution in [-0.4, -0.2) is 0 Å². The Labute approximate surface area is 102 Å². The van der Waals surface area contributed by atoms with Gasteiger partial charge in [0.15, 0.2) is 0 Å². The van der Waals surface area contributed by atoms with Crippen molar-refractivity contribution in [1.29, 1.82) is 0 Å². The van der Waals surface area contributed by atoms with Crippen LogP contribution in [-0.2, 0) is 0 Å². The van der Waals surface area contributed by atoms with Crippen LogP contribution in [0.3, 0.4) is 0 Å². The molecule has 0 unspecified atom stereocenters. The molecule has 0 heteroatoms. The molecular weight excluding hydrogens is 192 g/mol. The standard InChI is InChI=1S/C16H28/c1-3-5-7-9-11-13-15-16-14-12-10-8-6-4-2/h9,11,13-16H,3-8,10,12H2,1-2H3/b11-9+,15-13+,16-14+. The smallest absolute Gasteiger partial charge is 0.0348 e. The van der Waals surface area contributed by atoms with Gasteiger partial charge in [0.05, 0.1) is 0 Å². The first kappa shape index (κ1) is 15.2. The highest BCUT2D eigenvalue weighted by Crippen LogP contribution is 2.02. The predicted molar refractivity (Wildman–Crippen MR) is 75.7 cm³/mol. The summed E-state index contributed by atoms with van der Waals surface area (Å²) in [5.74, 6) is 0. The van der Waals surface area contributed by atoms with Crippen molar-refractivity contribution in [3.63, 3.8) is 0 Å². The minimum absolute atomic E-state index is 1.21. The Hall–Kier alpha value is -0.780. The van der Waals surface area contributed by atoms with Crippen molar-refractivity contribution in [2.75, 3.05) is 0 Å². The Morgan fingerprint density at radius 1 is 0.562 bits per heavy atom. The summed E-state index contributed by atoms with van der Waals surface area (Å²) in [7, 11) is 0. The van der Waals surface area contributed by atoms with Crippen LogP contribution in [0.25, 0.3) is 0 Å². The third-order valence-corrected chi connectivity index (χ3v) is 2.55. The molecule has 0 amide bonds. The SMILES string of the molecule is CCCC/C=C/C=C/C=C/CCCCCC. The topological polar surface area (TPSA) is 0 Å². The fourth-order valence-corrected chi connectivity index (χ4v) is 1.49. The lowest BCUT2D eigenvalue weighted by atomic mass is 10.1. The van der Waals surface area contributed by atoms with E-state index in [2.05, 4.69) is 50.3 Å². The number of hydrogen-bond donors (Lipinski definition) is 0. The van der Waals surface area contributed by atoms with Crippen LogP contribution >= 0.6 is 0 Å². The van der Waals surface area contributed by atoms with E-state index in [1.165, 1.54) is 51.4 Å². The van der Waals surface area contributed by atoms with E-state index in [-0.39, 0.29) is 0 Å². The zero-order valence-corrected chi connectivity index (χ0v) is 11.1. The molecule has 0 saturated carbocycles. The summed E-state index contributed by atoms with van der Waals surface area (Å²) in [5.41, 5.74) is 0. The molecule has 0 N–H and O–H groups in total. The Morgan fingerprint density at radius 3 is 1.69 bits per heavy atom. The summed E-state index contributed by atoms with van der Waals surface area (Å²) >= 11 is 0. The number of allylic oxidation sites excluding steroid dienone is 6. The van der Waals surface area contributed by atoms with Gasteiger partial charge in [-0.05, 0) is 19.3 Å². The molecule has 0 heterocycles. The van der Waals surface area contributed by atoms with Crippen LogP contribution in [0.15, 0.2) is 36.5 Å². The Balaban J connectivity index is 3.30. The van der Waals surface area contributed by atoms with E-state index in [4.69, 9.17) is 0 Å². The van der Waals surface area contributed by atoms with Crippen LogP contribution in [0.1, 0.15) is 65.2 Å². The molecule has 0 aromatic rings. The summed E-state index contributed by atoms with van der Waals surface area (Å²) in [5, 5.41) is 0. The van der Waals surface area contributed by atoms with Gasteiger partial charge >= 0.3 is 0 Å². The highest BCUT2D eigenvalue weighted by Gasteiger charge is 1.82. The molecule has 0 radical (unpaired) electrons. The van der Waals surface area contributed by atoms with E-state index in [9.17, 15) is 0 Å². The lowest BCUT2D eigenvalue weighted by molar-refractivity contribution is 0.674. The third kappa shape index (κ3) is 13.2. The van der Waals surface area contributed by atoms with Gasteiger partial charge in [0, 0.05) is 0 Å². The Morgan fingerprint density at radius 2 is 1.12 bits per heavy atom. The van der Waals surface area contributed by atoms with Gasteiger partial charge in [0.1, 0.15) is 0 Å². The highest BCUT2D eigenvalue weighted by molar-refractivity contribution is 5.10. The second-order valence-corrected chi connectivity index (χ2v) is 4.23. The fraction of sp³-hybridized carbons (Fsp3) is 0.625. The van der Waals surface area contributed by atoms with Crippen molar-refractivity contribution in [3.05, 3.63) is 36.5 Å². The van der Waals surface area contributed by atoms with Crippen LogP contribution in [0.4, 0.5) is 0 Å². The lowest BCUT2D eigenvalue weighted by Gasteiger charge is -1.92. The Kier molecular flexibility index (Phi) is 13.5. The van der Waals surface area contributed by atoms with Crippen LogP contribution in [0.2, 0.25) is 0 Å². The zero-order chi connectivity index (χ0) is 11.9. The molecule has 0 aliphatic carbocycles. The average molecular weight is 220 g/mol. The normalized spacial score (nSPS) is 12.4. The van der Waals surface area contributed by atoms with Crippen molar-refractivity contribution in [2.45, 2.75) is 65.2 Å². The molecule has 0 spiro atoms. The summed E-state index contributed by atoms with van der Waals surface area (Å²) < 4.78 is 0. The van der Waals surface area contributed by atoms with Crippen molar-refractivity contribution in [3.8, 4) is 0 Å². The van der Waals surface area contributed by atoms with Crippen molar-refractivity contribution >= 4 is 0 Å². The van der Waals surface area contributed by atoms with Crippen LogP contribution < -0.4 is 0 Å². The summed E-state index contributed by atoms with van der Waals surface area (Å²) in [6.07, 6.45) is 23.5. The van der Waals surface area contributed by atoms with Gasteiger partial charge < -0.3 is 0 Å². The van der Waals surface area contributed by atoms with Crippen LogP contribution in [0.5, 0.6) is 0 Å². The van der Waals surface area contributed by atoms with Crippen molar-refractivity contribution < 1.29 is 0 Å². The largest absolute Gasteiger partial charge is 0.0845 e. The number of unbranched alkanes of at least 4 members (excludes halogenated alkanes) is 6. The van der Waals surface area contributed by atoms with Gasteiger partial charge in [-0.25, -0.2) is 0 Å². The minimum Gasteiger partial charge on any atom is -0.0845 e. The molecule has 0 rings (SSSR count). The van der Waals surface area contributed by atoms with Gasteiger partial charge in [-0.3, -0.25) is 0 Å². The summed E-state index contributed by atoms with van der Waals surface area (Å²) in [4.78, 5) is 0. The molecule has 0 aromatic heterocycles. The fourth-order valence-electron chi connectivity index (χ4n) is 1.49. The first-order chi connectivity index (χ1) is 7.91. The maximum atomic E-state index is 2.27. The molecule has 0 aliphatic heterocycles. The molecule has 0 aromatic carbocycles. The summed E-state index contributed by atoms with van der Waals surface area (Å²) in [6, 6.07) is 0. The number of hydrogen-bond acceptors (Lipinski definition) is 0. The maximum Gasteiger partial charge on any atom is -0.0348 e. The van der Waals surface area contributed by atoms with Gasteiger partial charge in [-0.2, -0.15) is 0 Å². The van der Waals surface area contributed by atoms with E-state index in [0.717, 1.165) is 0 Å². The first-order valence-corrected chi connectivity index (χ1v) is 6.90. The molecule has 0 saturated heterocycles. The predicted octanol–water partition coefficient (Wildman–Crippen LogP) is 5.82.